The summed E-state index contributed by atoms with van der Waals surface area (Å²) in [7, 11) is 0. The zero-order chi connectivity index (χ0) is 16.1. The Hall–Kier alpha value is -1.57. The first-order chi connectivity index (χ1) is 11.1. The number of aromatic hydroxyl groups is 1. The van der Waals surface area contributed by atoms with Gasteiger partial charge in [0.05, 0.1) is 18.8 Å². The minimum absolute atomic E-state index is 0.0278. The van der Waals surface area contributed by atoms with Crippen LogP contribution < -0.4 is 0 Å². The van der Waals surface area contributed by atoms with Gasteiger partial charge in [0.1, 0.15) is 0 Å². The number of benzene rings is 1. The molecule has 1 aliphatic carbocycles. The molecule has 1 N–H and O–H groups in total. The maximum absolute atomic E-state index is 14.6. The van der Waals surface area contributed by atoms with Gasteiger partial charge in [-0.15, -0.1) is 0 Å². The highest BCUT2D eigenvalue weighted by atomic mass is 32.2. The highest BCUT2D eigenvalue weighted by Gasteiger charge is 2.36. The van der Waals surface area contributed by atoms with Crippen LogP contribution in [0.2, 0.25) is 0 Å². The van der Waals surface area contributed by atoms with Gasteiger partial charge in [-0.3, -0.25) is 9.69 Å². The standard InChI is InChI=1S/C16H16FNO4S/c1-8-7-23-16(20)18(8)12-3-2-9-10(12)6-11(14(19)13(9)17)15-21-4-5-22-15/h3,6,8,15,19H,2,4-5,7H2,1H3/t8-/m1/s1. The lowest BCUT2D eigenvalue weighted by molar-refractivity contribution is -0.0457. The first-order valence-electron chi connectivity index (χ1n) is 7.52. The average molecular weight is 337 g/mol. The van der Waals surface area contributed by atoms with E-state index in [0.717, 1.165) is 0 Å². The van der Waals surface area contributed by atoms with Gasteiger partial charge < -0.3 is 14.6 Å². The van der Waals surface area contributed by atoms with Gasteiger partial charge in [-0.05, 0) is 19.4 Å². The monoisotopic (exact) mass is 337 g/mol. The summed E-state index contributed by atoms with van der Waals surface area (Å²) in [6, 6.07) is 1.75. The molecule has 2 fully saturated rings. The molecule has 1 aromatic carbocycles. The van der Waals surface area contributed by atoms with Crippen LogP contribution in [0, 0.1) is 5.82 Å². The minimum atomic E-state index is -0.766. The summed E-state index contributed by atoms with van der Waals surface area (Å²) >= 11 is 1.27. The summed E-state index contributed by atoms with van der Waals surface area (Å²) in [4.78, 5) is 13.8. The van der Waals surface area contributed by atoms with Crippen molar-refractivity contribution in [2.45, 2.75) is 25.7 Å². The van der Waals surface area contributed by atoms with Gasteiger partial charge in [0, 0.05) is 28.6 Å². The molecule has 2 saturated heterocycles. The number of nitrogens with zero attached hydrogens (tertiary/aromatic N) is 1. The summed E-state index contributed by atoms with van der Waals surface area (Å²) in [6.45, 7) is 2.78. The van der Waals surface area contributed by atoms with Crippen molar-refractivity contribution in [3.8, 4) is 5.75 Å². The topological polar surface area (TPSA) is 59.0 Å². The Morgan fingerprint density at radius 2 is 2.13 bits per heavy atom. The van der Waals surface area contributed by atoms with E-state index in [0.29, 0.717) is 42.2 Å². The Labute approximate surface area is 137 Å². The molecular formula is C16H16FNO4S. The van der Waals surface area contributed by atoms with E-state index in [-0.39, 0.29) is 16.8 Å². The Morgan fingerprint density at radius 1 is 1.39 bits per heavy atom. The Kier molecular flexibility index (Phi) is 3.59. The van der Waals surface area contributed by atoms with Crippen LogP contribution in [-0.2, 0) is 15.9 Å². The van der Waals surface area contributed by atoms with Crippen molar-refractivity contribution in [3.63, 3.8) is 0 Å². The van der Waals surface area contributed by atoms with Crippen LogP contribution >= 0.6 is 11.8 Å². The number of ether oxygens (including phenoxy) is 2. The van der Waals surface area contributed by atoms with Crippen LogP contribution in [0.4, 0.5) is 9.18 Å². The number of rotatable bonds is 2. The SMILES string of the molecule is C[C@@H]1CSC(=O)N1C1=CCc2c1cc(C1OCCO1)c(O)c2F. The van der Waals surface area contributed by atoms with Crippen molar-refractivity contribution in [2.24, 2.45) is 0 Å². The first kappa shape index (κ1) is 15.0. The largest absolute Gasteiger partial charge is 0.504 e. The van der Waals surface area contributed by atoms with Crippen LogP contribution in [0.3, 0.4) is 0 Å². The molecule has 0 radical (unpaired) electrons. The van der Waals surface area contributed by atoms with Gasteiger partial charge >= 0.3 is 0 Å². The molecule has 7 heteroatoms. The highest BCUT2D eigenvalue weighted by Crippen LogP contribution is 2.43. The number of phenolic OH excluding ortho intramolecular Hbond substituents is 1. The normalized spacial score (nSPS) is 24.4. The molecule has 0 bridgehead atoms. The number of carbonyl (C=O) groups is 1. The molecular weight excluding hydrogens is 321 g/mol. The molecule has 0 aromatic heterocycles. The number of thioether (sulfide) groups is 1. The van der Waals surface area contributed by atoms with Crippen molar-refractivity contribution in [1.29, 1.82) is 0 Å². The number of allylic oxidation sites excluding steroid dienone is 1. The lowest BCUT2D eigenvalue weighted by Gasteiger charge is -2.24. The van der Waals surface area contributed by atoms with Crippen molar-refractivity contribution < 1.29 is 23.8 Å². The molecule has 122 valence electrons. The third-order valence-electron chi connectivity index (χ3n) is 4.37. The number of carbonyl (C=O) groups excluding carboxylic acids is 1. The predicted octanol–water partition coefficient (Wildman–Crippen LogP) is 3.03. The number of amides is 1. The molecule has 2 heterocycles. The van der Waals surface area contributed by atoms with Gasteiger partial charge in [-0.25, -0.2) is 4.39 Å². The van der Waals surface area contributed by atoms with Gasteiger partial charge in [0.25, 0.3) is 5.24 Å². The van der Waals surface area contributed by atoms with Crippen LogP contribution in [0.15, 0.2) is 12.1 Å². The molecule has 0 unspecified atom stereocenters. The second-order valence-corrected chi connectivity index (χ2v) is 6.79. The zero-order valence-corrected chi connectivity index (χ0v) is 13.4. The minimum Gasteiger partial charge on any atom is -0.504 e. The van der Waals surface area contributed by atoms with Crippen molar-refractivity contribution in [1.82, 2.24) is 4.90 Å². The summed E-state index contributed by atoms with van der Waals surface area (Å²) in [5.41, 5.74) is 2.03. The molecule has 1 amide bonds. The Morgan fingerprint density at radius 3 is 2.78 bits per heavy atom. The number of fused-ring (bicyclic) bond motifs is 1. The van der Waals surface area contributed by atoms with Crippen LogP contribution in [0.25, 0.3) is 5.70 Å². The quantitative estimate of drug-likeness (QED) is 0.899. The van der Waals surface area contributed by atoms with E-state index < -0.39 is 17.9 Å². The summed E-state index contributed by atoms with van der Waals surface area (Å²) in [5.74, 6) is -0.372. The molecule has 1 atom stereocenters. The molecule has 23 heavy (non-hydrogen) atoms. The van der Waals surface area contributed by atoms with E-state index in [1.54, 1.807) is 11.0 Å². The summed E-state index contributed by atoms with van der Waals surface area (Å²) < 4.78 is 25.3. The van der Waals surface area contributed by atoms with E-state index in [4.69, 9.17) is 9.47 Å². The fourth-order valence-electron chi connectivity index (χ4n) is 3.23. The van der Waals surface area contributed by atoms with Gasteiger partial charge in [-0.2, -0.15) is 0 Å². The maximum Gasteiger partial charge on any atom is 0.286 e. The van der Waals surface area contributed by atoms with E-state index in [9.17, 15) is 14.3 Å². The van der Waals surface area contributed by atoms with Gasteiger partial charge in [0.2, 0.25) is 0 Å². The first-order valence-corrected chi connectivity index (χ1v) is 8.50. The van der Waals surface area contributed by atoms with E-state index in [2.05, 4.69) is 0 Å². The molecule has 5 nitrogen and oxygen atoms in total. The third-order valence-corrected chi connectivity index (χ3v) is 5.46. The number of phenols is 1. The van der Waals surface area contributed by atoms with Gasteiger partial charge in [0.15, 0.2) is 17.9 Å². The number of hydrogen-bond acceptors (Lipinski definition) is 5. The van der Waals surface area contributed by atoms with E-state index in [1.165, 1.54) is 11.8 Å². The van der Waals surface area contributed by atoms with Crippen molar-refractivity contribution in [3.05, 3.63) is 34.6 Å². The van der Waals surface area contributed by atoms with Crippen LogP contribution in [-0.4, -0.2) is 40.3 Å². The number of hydrogen-bond donors (Lipinski definition) is 1. The van der Waals surface area contributed by atoms with Crippen molar-refractivity contribution in [2.75, 3.05) is 19.0 Å². The smallest absolute Gasteiger partial charge is 0.286 e. The Bertz CT molecular complexity index is 715. The summed E-state index contributed by atoms with van der Waals surface area (Å²) in [6.07, 6.45) is 1.43. The molecule has 0 spiro atoms. The van der Waals surface area contributed by atoms with Gasteiger partial charge in [-0.1, -0.05) is 17.8 Å². The second kappa shape index (κ2) is 5.51. The molecule has 1 aromatic rings. The maximum atomic E-state index is 14.6. The van der Waals surface area contributed by atoms with E-state index in [1.807, 2.05) is 13.0 Å². The molecule has 4 rings (SSSR count). The molecule has 0 saturated carbocycles. The average Bonchev–Trinajstić information content (AvgIpc) is 3.24. The van der Waals surface area contributed by atoms with Crippen LogP contribution in [0.1, 0.15) is 29.9 Å². The zero-order valence-electron chi connectivity index (χ0n) is 12.5. The second-order valence-electron chi connectivity index (χ2n) is 5.82. The lowest BCUT2D eigenvalue weighted by Crippen LogP contribution is -2.29. The summed E-state index contributed by atoms with van der Waals surface area (Å²) in [5, 5.41) is 10.1. The predicted molar refractivity (Wildman–Crippen MR) is 83.5 cm³/mol. The number of halogens is 1. The highest BCUT2D eigenvalue weighted by molar-refractivity contribution is 8.13. The van der Waals surface area contributed by atoms with Crippen LogP contribution in [0.5, 0.6) is 5.75 Å². The van der Waals surface area contributed by atoms with E-state index >= 15 is 0 Å². The fourth-order valence-corrected chi connectivity index (χ4v) is 4.18. The Balaban J connectivity index is 1.79. The molecule has 3 aliphatic rings. The lowest BCUT2D eigenvalue weighted by atomic mass is 10.0. The van der Waals surface area contributed by atoms with Crippen molar-refractivity contribution >= 4 is 22.7 Å². The molecule has 2 aliphatic heterocycles. The fraction of sp³-hybridized carbons (Fsp3) is 0.438. The third kappa shape index (κ3) is 2.26.